The molecule has 3 unspecified atom stereocenters. The monoisotopic (exact) mass is 499 g/mol. The van der Waals surface area contributed by atoms with Crippen molar-refractivity contribution in [1.82, 2.24) is 0 Å². The lowest BCUT2D eigenvalue weighted by atomic mass is 9.43. The van der Waals surface area contributed by atoms with Crippen LogP contribution in [0.1, 0.15) is 107 Å². The molecule has 2 saturated carbocycles. The Labute approximate surface area is 219 Å². The highest BCUT2D eigenvalue weighted by atomic mass is 16.3. The van der Waals surface area contributed by atoms with Gasteiger partial charge in [-0.3, -0.25) is 9.59 Å². The number of ketones is 1. The number of carbonyl (C=O) groups excluding carboxylic acids is 1. The largest absolute Gasteiger partial charge is 0.483 e. The highest BCUT2D eigenvalue weighted by molar-refractivity contribution is 6.04. The number of rotatable bonds is 4. The molecule has 0 radical (unpaired) electrons. The highest BCUT2D eigenvalue weighted by Crippen LogP contribution is 2.65. The molecule has 0 aromatic heterocycles. The summed E-state index contributed by atoms with van der Waals surface area (Å²) in [6, 6.07) is 2.20. The lowest BCUT2D eigenvalue weighted by Crippen LogP contribution is -2.54. The van der Waals surface area contributed by atoms with Crippen molar-refractivity contribution >= 4 is 12.3 Å². The second-order valence-corrected chi connectivity index (χ2v) is 14.1. The zero-order valence-electron chi connectivity index (χ0n) is 23.9. The lowest BCUT2D eigenvalue weighted by molar-refractivity contribution is -0.131. The van der Waals surface area contributed by atoms with Gasteiger partial charge in [0.25, 0.3) is 6.47 Å². The van der Waals surface area contributed by atoms with E-state index in [2.05, 4.69) is 47.6 Å². The third kappa shape index (κ3) is 5.80. The van der Waals surface area contributed by atoms with Gasteiger partial charge in [-0.25, -0.2) is 0 Å². The minimum Gasteiger partial charge on any atom is -0.483 e. The summed E-state index contributed by atoms with van der Waals surface area (Å²) >= 11 is 0. The Morgan fingerprint density at radius 1 is 1.08 bits per heavy atom. The fourth-order valence-electron chi connectivity index (χ4n) is 7.77. The van der Waals surface area contributed by atoms with E-state index in [0.717, 1.165) is 12.8 Å². The van der Waals surface area contributed by atoms with Crippen molar-refractivity contribution in [1.29, 1.82) is 5.26 Å². The molecule has 0 spiro atoms. The van der Waals surface area contributed by atoms with Gasteiger partial charge in [0.05, 0.1) is 12.2 Å². The number of aliphatic hydroxyl groups excluding tert-OH is 1. The molecule has 2 N–H and O–H groups in total. The Balaban J connectivity index is 0.00000145. The van der Waals surface area contributed by atoms with E-state index in [4.69, 9.17) is 9.90 Å². The average molecular weight is 500 g/mol. The van der Waals surface area contributed by atoms with Gasteiger partial charge in [-0.15, -0.1) is 0 Å². The first-order chi connectivity index (χ1) is 16.5. The van der Waals surface area contributed by atoms with E-state index in [1.54, 1.807) is 0 Å². The molecule has 0 aromatic carbocycles. The maximum absolute atomic E-state index is 13.0. The summed E-state index contributed by atoms with van der Waals surface area (Å²) in [6.45, 7) is 17.9. The smallest absolute Gasteiger partial charge is 0.290 e. The topological polar surface area (TPSA) is 98.4 Å². The average Bonchev–Trinajstić information content (AvgIpc) is 2.78. The van der Waals surface area contributed by atoms with Crippen molar-refractivity contribution < 1.29 is 19.8 Å². The number of allylic oxidation sites excluding steroid dienone is 3. The third-order valence-corrected chi connectivity index (χ3v) is 10.0. The maximum atomic E-state index is 13.0. The van der Waals surface area contributed by atoms with Crippen molar-refractivity contribution in [3.05, 3.63) is 23.3 Å². The molecule has 3 aliphatic carbocycles. The van der Waals surface area contributed by atoms with Gasteiger partial charge in [0.15, 0.2) is 5.78 Å². The van der Waals surface area contributed by atoms with Crippen molar-refractivity contribution in [3.63, 3.8) is 0 Å². The first kappa shape index (κ1) is 30.3. The van der Waals surface area contributed by atoms with Gasteiger partial charge >= 0.3 is 0 Å². The van der Waals surface area contributed by atoms with Crippen LogP contribution >= 0.6 is 0 Å². The molecule has 0 aliphatic heterocycles. The van der Waals surface area contributed by atoms with Gasteiger partial charge in [0, 0.05) is 10.8 Å². The number of Topliss-reactive ketones (excluding diaryl/α,β-unsaturated/α-hetero) is 1. The van der Waals surface area contributed by atoms with E-state index >= 15 is 0 Å². The zero-order valence-corrected chi connectivity index (χ0v) is 23.9. The Morgan fingerprint density at radius 2 is 1.64 bits per heavy atom. The van der Waals surface area contributed by atoms with E-state index in [1.165, 1.54) is 44.1 Å². The normalized spacial score (nSPS) is 37.2. The lowest BCUT2D eigenvalue weighted by Gasteiger charge is -2.60. The van der Waals surface area contributed by atoms with Gasteiger partial charge in [-0.1, -0.05) is 73.1 Å². The number of hydrogen-bond donors (Lipinski definition) is 2. The summed E-state index contributed by atoms with van der Waals surface area (Å²) in [5.41, 5.74) is 1.43. The second-order valence-electron chi connectivity index (χ2n) is 14.1. The summed E-state index contributed by atoms with van der Waals surface area (Å²) in [5.74, 6) is 0.711. The van der Waals surface area contributed by atoms with Crippen LogP contribution in [0.5, 0.6) is 0 Å². The molecule has 3 atom stereocenters. The van der Waals surface area contributed by atoms with E-state index in [1.807, 2.05) is 26.0 Å². The Bertz CT molecular complexity index is 923. The first-order valence-electron chi connectivity index (χ1n) is 13.6. The van der Waals surface area contributed by atoms with Gasteiger partial charge in [-0.2, -0.15) is 5.26 Å². The quantitative estimate of drug-likeness (QED) is 0.317. The molecule has 0 bridgehead atoms. The zero-order chi connectivity index (χ0) is 27.6. The van der Waals surface area contributed by atoms with Crippen molar-refractivity contribution in [2.75, 3.05) is 6.61 Å². The van der Waals surface area contributed by atoms with Crippen molar-refractivity contribution in [2.24, 2.45) is 38.9 Å². The van der Waals surface area contributed by atoms with Crippen LogP contribution < -0.4 is 0 Å². The molecule has 0 aromatic rings. The van der Waals surface area contributed by atoms with Crippen LogP contribution in [0, 0.1) is 50.2 Å². The molecule has 3 aliphatic rings. The molecule has 0 heterocycles. The van der Waals surface area contributed by atoms with Gasteiger partial charge < -0.3 is 10.2 Å². The van der Waals surface area contributed by atoms with Crippen LogP contribution in [0.3, 0.4) is 0 Å². The van der Waals surface area contributed by atoms with Crippen LogP contribution in [0.2, 0.25) is 0 Å². The molecule has 2 fully saturated rings. The minimum atomic E-state index is -0.567. The molecule has 0 amide bonds. The molecule has 5 nitrogen and oxygen atoms in total. The summed E-state index contributed by atoms with van der Waals surface area (Å²) in [4.78, 5) is 21.4. The van der Waals surface area contributed by atoms with Crippen LogP contribution in [0.4, 0.5) is 0 Å². The second kappa shape index (κ2) is 10.8. The summed E-state index contributed by atoms with van der Waals surface area (Å²) in [7, 11) is 0. The molecular formula is C31H49NO4. The predicted octanol–water partition coefficient (Wildman–Crippen LogP) is 7.11. The summed E-state index contributed by atoms with van der Waals surface area (Å²) in [6.07, 6.45) is 13.6. The summed E-state index contributed by atoms with van der Waals surface area (Å²) in [5, 5.41) is 26.7. The minimum absolute atomic E-state index is 0.00707. The van der Waals surface area contributed by atoms with Crippen LogP contribution in [-0.2, 0) is 9.59 Å². The Morgan fingerprint density at radius 3 is 2.11 bits per heavy atom. The molecule has 5 heteroatoms. The molecular weight excluding hydrogens is 450 g/mol. The molecule has 36 heavy (non-hydrogen) atoms. The van der Waals surface area contributed by atoms with E-state index in [-0.39, 0.29) is 35.6 Å². The fraction of sp³-hybridized carbons (Fsp3) is 0.774. The highest BCUT2D eigenvalue weighted by Gasteiger charge is 2.59. The standard InChI is InChI=1S/C30H47NO2.CH2O2/c1-26(2,3)16-17-28(6)13-9-22(10-14-28)29(7)15-11-23-27(4,5)25(33)21(20-31)19-30(23,8)24(29)12-18-32;2-1-3/h12,19,22-23,32H,9-11,13-18H2,1-8H3;1H,(H,2,3)/b24-12+;. The number of aliphatic hydroxyl groups is 1. The van der Waals surface area contributed by atoms with Gasteiger partial charge in [-0.05, 0) is 79.4 Å². The van der Waals surface area contributed by atoms with E-state index in [9.17, 15) is 15.2 Å². The number of hydrogen-bond acceptors (Lipinski definition) is 4. The SMILES string of the molecule is CC(C)(C)CCC1(C)CCC(C2(C)CCC3C(C)(C)C(=O)C(C#N)=CC3(C)/C2=C/CO)CC1.O=CO. The summed E-state index contributed by atoms with van der Waals surface area (Å²) < 4.78 is 0. The Kier molecular flexibility index (Phi) is 9.10. The Hall–Kier alpha value is -1.93. The van der Waals surface area contributed by atoms with Crippen LogP contribution in [-0.4, -0.2) is 29.1 Å². The van der Waals surface area contributed by atoms with Crippen molar-refractivity contribution in [3.8, 4) is 6.07 Å². The molecule has 3 rings (SSSR count). The van der Waals surface area contributed by atoms with E-state index in [0.29, 0.717) is 22.3 Å². The maximum Gasteiger partial charge on any atom is 0.290 e. The van der Waals surface area contributed by atoms with Crippen LogP contribution in [0.15, 0.2) is 23.3 Å². The number of nitrogens with zero attached hydrogens (tertiary/aromatic N) is 1. The van der Waals surface area contributed by atoms with Crippen molar-refractivity contribution in [2.45, 2.75) is 107 Å². The van der Waals surface area contributed by atoms with Gasteiger partial charge in [0.1, 0.15) is 6.07 Å². The first-order valence-corrected chi connectivity index (χ1v) is 13.6. The van der Waals surface area contributed by atoms with Crippen LogP contribution in [0.25, 0.3) is 0 Å². The number of carbonyl (C=O) groups is 2. The predicted molar refractivity (Wildman–Crippen MR) is 144 cm³/mol. The number of fused-ring (bicyclic) bond motifs is 1. The molecule has 202 valence electrons. The molecule has 0 saturated heterocycles. The third-order valence-electron chi connectivity index (χ3n) is 10.0. The number of carboxylic acid groups (broad SMARTS) is 1. The number of nitriles is 1. The van der Waals surface area contributed by atoms with E-state index < -0.39 is 5.41 Å². The van der Waals surface area contributed by atoms with Gasteiger partial charge in [0.2, 0.25) is 0 Å². The fourth-order valence-corrected chi connectivity index (χ4v) is 7.77.